The van der Waals surface area contributed by atoms with Gasteiger partial charge in [0, 0.05) is 0 Å². The summed E-state index contributed by atoms with van der Waals surface area (Å²) in [6.07, 6.45) is 0.658. The molecule has 0 aliphatic carbocycles. The van der Waals surface area contributed by atoms with Crippen molar-refractivity contribution in [2.45, 2.75) is 58.2 Å². The molecular weight excluding hydrogens is 434 g/mol. The number of thioether (sulfide) groups is 1. The van der Waals surface area contributed by atoms with Crippen LogP contribution in [0.4, 0.5) is 0 Å². The van der Waals surface area contributed by atoms with Crippen LogP contribution in [0.25, 0.3) is 11.4 Å². The molecule has 174 valence electrons. The summed E-state index contributed by atoms with van der Waals surface area (Å²) < 4.78 is 2.07. The lowest BCUT2D eigenvalue weighted by Crippen LogP contribution is -2.36. The van der Waals surface area contributed by atoms with Gasteiger partial charge in [0.05, 0.1) is 28.7 Å². The fourth-order valence-corrected chi connectivity index (χ4v) is 4.17. The Morgan fingerprint density at radius 3 is 2.36 bits per heavy atom. The molecule has 3 aromatic rings. The van der Waals surface area contributed by atoms with Crippen LogP contribution in [0.2, 0.25) is 0 Å². The highest BCUT2D eigenvalue weighted by atomic mass is 32.2. The number of aromatic hydroxyl groups is 1. The molecule has 0 aliphatic rings. The average molecular weight is 467 g/mol. The zero-order valence-corrected chi connectivity index (χ0v) is 20.7. The zero-order valence-electron chi connectivity index (χ0n) is 19.8. The lowest BCUT2D eigenvalue weighted by molar-refractivity contribution is -0.719. The number of hydrazone groups is 1. The number of carbonyl (C=O) groups is 1. The van der Waals surface area contributed by atoms with E-state index >= 15 is 0 Å². The summed E-state index contributed by atoms with van der Waals surface area (Å²) in [5, 5.41) is 22.0. The smallest absolute Gasteiger partial charge is 0.337 e. The maximum absolute atomic E-state index is 12.4. The minimum absolute atomic E-state index is 0.101. The van der Waals surface area contributed by atoms with E-state index in [4.69, 9.17) is 0 Å². The molecule has 0 atom stereocenters. The summed E-state index contributed by atoms with van der Waals surface area (Å²) in [6.45, 7) is 11.3. The van der Waals surface area contributed by atoms with E-state index in [1.807, 2.05) is 6.92 Å². The van der Waals surface area contributed by atoms with Crippen molar-refractivity contribution >= 4 is 23.4 Å². The minimum Gasteiger partial charge on any atom is -0.508 e. The normalized spacial score (nSPS) is 12.1. The highest BCUT2D eigenvalue weighted by Gasteiger charge is 2.22. The Hall–Kier alpha value is -3.13. The van der Waals surface area contributed by atoms with Gasteiger partial charge in [-0.1, -0.05) is 39.8 Å². The highest BCUT2D eigenvalue weighted by Crippen LogP contribution is 2.25. The van der Waals surface area contributed by atoms with Gasteiger partial charge in [-0.2, -0.15) is 5.10 Å². The molecule has 3 N–H and O–H groups in total. The third-order valence-corrected chi connectivity index (χ3v) is 6.26. The monoisotopic (exact) mass is 466 g/mol. The largest absolute Gasteiger partial charge is 0.508 e. The maximum Gasteiger partial charge on any atom is 0.337 e. The number of phenolic OH excluding ortho intramolecular Hbond substituents is 1. The molecule has 1 heterocycles. The van der Waals surface area contributed by atoms with Gasteiger partial charge < -0.3 is 5.11 Å². The van der Waals surface area contributed by atoms with Crippen LogP contribution in [0.5, 0.6) is 5.75 Å². The van der Waals surface area contributed by atoms with Gasteiger partial charge in [0.25, 0.3) is 11.7 Å². The van der Waals surface area contributed by atoms with E-state index in [1.54, 1.807) is 24.3 Å². The van der Waals surface area contributed by atoms with E-state index in [0.717, 1.165) is 34.4 Å². The number of hydrogen-bond donors (Lipinski definition) is 3. The van der Waals surface area contributed by atoms with Crippen molar-refractivity contribution in [2.24, 2.45) is 5.10 Å². The number of nitrogens with zero attached hydrogens (tertiary/aromatic N) is 3. The first-order valence-corrected chi connectivity index (χ1v) is 12.1. The molecule has 33 heavy (non-hydrogen) atoms. The number of nitrogens with one attached hydrogen (secondary N) is 2. The number of rotatable bonds is 8. The van der Waals surface area contributed by atoms with E-state index in [-0.39, 0.29) is 22.8 Å². The van der Waals surface area contributed by atoms with Gasteiger partial charge in [-0.3, -0.25) is 4.79 Å². The number of hydrogen-bond acceptors (Lipinski definition) is 5. The van der Waals surface area contributed by atoms with Crippen molar-refractivity contribution in [2.75, 3.05) is 5.75 Å². The van der Waals surface area contributed by atoms with Crippen LogP contribution in [0, 0.1) is 0 Å². The fraction of sp³-hybridized carbons (Fsp3) is 0.360. The third kappa shape index (κ3) is 6.22. The molecule has 7 nitrogen and oxygen atoms in total. The van der Waals surface area contributed by atoms with Gasteiger partial charge in [-0.05, 0) is 78.0 Å². The van der Waals surface area contributed by atoms with Crippen molar-refractivity contribution in [1.29, 1.82) is 0 Å². The first-order valence-electron chi connectivity index (χ1n) is 11.1. The van der Waals surface area contributed by atoms with E-state index in [9.17, 15) is 9.90 Å². The van der Waals surface area contributed by atoms with Crippen LogP contribution in [0.15, 0.2) is 58.8 Å². The van der Waals surface area contributed by atoms with Crippen molar-refractivity contribution in [3.63, 3.8) is 0 Å². The second kappa shape index (κ2) is 10.7. The first-order chi connectivity index (χ1) is 15.7. The van der Waals surface area contributed by atoms with E-state index < -0.39 is 0 Å². The summed E-state index contributed by atoms with van der Waals surface area (Å²) in [5.74, 6) is 1.11. The number of amides is 1. The number of aromatic amines is 1. The molecule has 0 unspecified atom stereocenters. The molecule has 0 radical (unpaired) electrons. The lowest BCUT2D eigenvalue weighted by atomic mass is 9.87. The first kappa shape index (κ1) is 24.5. The highest BCUT2D eigenvalue weighted by molar-refractivity contribution is 7.99. The standard InChI is InChI=1S/C25H31N5O2S/c1-6-21(17-10-14-20(31)15-11-17)26-27-22(32)16-33-24-29-28-23(30(24)7-2)18-8-12-19(13-9-18)25(3,4)5/h8-15H,6-7,16H2,1-5H3,(H2,26,27,31,32)/p+1. The van der Waals surface area contributed by atoms with Gasteiger partial charge in [0.2, 0.25) is 0 Å². The Balaban J connectivity index is 1.66. The van der Waals surface area contributed by atoms with Crippen molar-refractivity contribution in [3.05, 3.63) is 59.7 Å². The topological polar surface area (TPSA) is 94.2 Å². The number of benzene rings is 2. The van der Waals surface area contributed by atoms with Gasteiger partial charge >= 0.3 is 5.16 Å². The summed E-state index contributed by atoms with van der Waals surface area (Å²) in [7, 11) is 0. The Morgan fingerprint density at radius 2 is 1.79 bits per heavy atom. The van der Waals surface area contributed by atoms with Crippen molar-refractivity contribution < 1.29 is 14.5 Å². The maximum atomic E-state index is 12.4. The predicted molar refractivity (Wildman–Crippen MR) is 132 cm³/mol. The van der Waals surface area contributed by atoms with Crippen LogP contribution < -0.4 is 9.99 Å². The summed E-state index contributed by atoms with van der Waals surface area (Å²) in [5.41, 5.74) is 6.68. The molecule has 0 spiro atoms. The zero-order chi connectivity index (χ0) is 24.0. The van der Waals surface area contributed by atoms with Crippen LogP contribution in [-0.4, -0.2) is 32.7 Å². The molecular formula is C25H32N5O2S+. The number of H-pyrrole nitrogens is 1. The number of phenols is 1. The number of carbonyl (C=O) groups excluding carboxylic acids is 1. The average Bonchev–Trinajstić information content (AvgIpc) is 3.21. The summed E-state index contributed by atoms with van der Waals surface area (Å²) >= 11 is 1.37. The van der Waals surface area contributed by atoms with Crippen LogP contribution >= 0.6 is 11.8 Å². The fourth-order valence-electron chi connectivity index (χ4n) is 3.36. The van der Waals surface area contributed by atoms with Crippen LogP contribution in [-0.2, 0) is 16.8 Å². The molecule has 0 aliphatic heterocycles. The van der Waals surface area contributed by atoms with E-state index in [2.05, 4.69) is 77.3 Å². The van der Waals surface area contributed by atoms with E-state index in [1.165, 1.54) is 17.3 Å². The quantitative estimate of drug-likeness (QED) is 0.198. The molecule has 1 amide bonds. The Labute approximate surface area is 199 Å². The van der Waals surface area contributed by atoms with E-state index in [0.29, 0.717) is 6.42 Å². The minimum atomic E-state index is -0.202. The van der Waals surface area contributed by atoms with Gasteiger partial charge in [-0.25, -0.2) is 9.99 Å². The molecule has 0 saturated heterocycles. The lowest BCUT2D eigenvalue weighted by Gasteiger charge is -2.18. The predicted octanol–water partition coefficient (Wildman–Crippen LogP) is 4.41. The van der Waals surface area contributed by atoms with Crippen LogP contribution in [0.3, 0.4) is 0 Å². The molecule has 0 bridgehead atoms. The molecule has 0 saturated carbocycles. The Kier molecular flexibility index (Phi) is 7.92. The van der Waals surface area contributed by atoms with Gasteiger partial charge in [-0.15, -0.1) is 5.10 Å². The second-order valence-corrected chi connectivity index (χ2v) is 9.65. The van der Waals surface area contributed by atoms with Gasteiger partial charge in [0.1, 0.15) is 5.75 Å². The second-order valence-electron chi connectivity index (χ2n) is 8.71. The third-order valence-electron chi connectivity index (χ3n) is 5.28. The Morgan fingerprint density at radius 1 is 1.12 bits per heavy atom. The molecule has 3 rings (SSSR count). The van der Waals surface area contributed by atoms with Gasteiger partial charge in [0.15, 0.2) is 0 Å². The molecule has 2 aromatic carbocycles. The Bertz CT molecular complexity index is 1110. The van der Waals surface area contributed by atoms with Crippen molar-refractivity contribution in [3.8, 4) is 17.1 Å². The molecule has 1 aromatic heterocycles. The van der Waals surface area contributed by atoms with Crippen molar-refractivity contribution in [1.82, 2.24) is 15.6 Å². The molecule has 0 fully saturated rings. The molecule has 8 heteroatoms. The summed E-state index contributed by atoms with van der Waals surface area (Å²) in [6, 6.07) is 15.3. The van der Waals surface area contributed by atoms with Crippen LogP contribution in [0.1, 0.15) is 52.2 Å². The SMILES string of the molecule is CC/C(=N\NC(=O)CSc1n[nH]c(-c2ccc(C(C)(C)C)cc2)[n+]1CC)c1ccc(O)cc1. The number of aromatic nitrogens is 3. The summed E-state index contributed by atoms with van der Waals surface area (Å²) in [4.78, 5) is 12.4.